The molecule has 0 amide bonds. The Morgan fingerprint density at radius 2 is 2.00 bits per heavy atom. The van der Waals surface area contributed by atoms with Crippen LogP contribution in [0.2, 0.25) is 0 Å². The van der Waals surface area contributed by atoms with Gasteiger partial charge in [0.2, 0.25) is 0 Å². The molecule has 21 heavy (non-hydrogen) atoms. The highest BCUT2D eigenvalue weighted by Crippen LogP contribution is 2.26. The molecule has 0 saturated heterocycles. The lowest BCUT2D eigenvalue weighted by molar-refractivity contribution is 0.0992. The van der Waals surface area contributed by atoms with Crippen LogP contribution in [0, 0.1) is 0 Å². The molecule has 0 fully saturated rings. The molecular formula is C17H17BrO3. The Hall–Kier alpha value is -1.81. The molecule has 0 heterocycles. The predicted molar refractivity (Wildman–Crippen MR) is 86.3 cm³/mol. The van der Waals surface area contributed by atoms with Crippen LogP contribution < -0.4 is 9.47 Å². The number of hydrogen-bond donors (Lipinski definition) is 0. The summed E-state index contributed by atoms with van der Waals surface area (Å²) in [6.07, 6.45) is 0.345. The molecule has 0 atom stereocenters. The summed E-state index contributed by atoms with van der Waals surface area (Å²) in [6, 6.07) is 12.9. The summed E-state index contributed by atoms with van der Waals surface area (Å²) in [7, 11) is 1.62. The van der Waals surface area contributed by atoms with Gasteiger partial charge in [-0.2, -0.15) is 0 Å². The Bertz CT molecular complexity index is 638. The lowest BCUT2D eigenvalue weighted by Gasteiger charge is -2.07. The predicted octanol–water partition coefficient (Wildman–Crippen LogP) is 4.28. The van der Waals surface area contributed by atoms with Crippen LogP contribution in [0.3, 0.4) is 0 Å². The monoisotopic (exact) mass is 348 g/mol. The summed E-state index contributed by atoms with van der Waals surface area (Å²) in [4.78, 5) is 12.3. The van der Waals surface area contributed by atoms with E-state index in [1.807, 2.05) is 43.3 Å². The number of Topliss-reactive ketones (excluding diaryl/α,β-unsaturated/α-hetero) is 1. The lowest BCUT2D eigenvalue weighted by atomic mass is 10.0. The minimum Gasteiger partial charge on any atom is -0.496 e. The third-order valence-corrected chi connectivity index (χ3v) is 3.67. The number of methoxy groups -OCH3 is 1. The molecule has 0 aliphatic rings. The van der Waals surface area contributed by atoms with E-state index in [9.17, 15) is 4.79 Å². The molecule has 0 radical (unpaired) electrons. The summed E-state index contributed by atoms with van der Waals surface area (Å²) >= 11 is 3.43. The Kier molecular flexibility index (Phi) is 5.39. The van der Waals surface area contributed by atoms with E-state index in [0.29, 0.717) is 18.6 Å². The van der Waals surface area contributed by atoms with Crippen LogP contribution in [-0.2, 0) is 6.42 Å². The second kappa shape index (κ2) is 7.27. The number of carbonyl (C=O) groups is 1. The molecular weight excluding hydrogens is 332 g/mol. The maximum atomic E-state index is 12.3. The van der Waals surface area contributed by atoms with Crippen molar-refractivity contribution in [1.82, 2.24) is 0 Å². The van der Waals surface area contributed by atoms with Crippen molar-refractivity contribution < 1.29 is 14.3 Å². The van der Waals surface area contributed by atoms with Gasteiger partial charge in [0.1, 0.15) is 11.5 Å². The molecule has 4 heteroatoms. The fourth-order valence-electron chi connectivity index (χ4n) is 2.03. The topological polar surface area (TPSA) is 35.5 Å². The summed E-state index contributed by atoms with van der Waals surface area (Å²) in [5, 5.41) is 0. The molecule has 2 aromatic rings. The molecule has 0 aromatic heterocycles. The van der Waals surface area contributed by atoms with Crippen molar-refractivity contribution in [3.05, 3.63) is 58.1 Å². The average Bonchev–Trinajstić information content (AvgIpc) is 2.48. The maximum Gasteiger partial charge on any atom is 0.167 e. The number of halogens is 1. The number of benzene rings is 2. The zero-order valence-corrected chi connectivity index (χ0v) is 13.6. The molecule has 0 spiro atoms. The number of carbonyl (C=O) groups excluding carboxylic acids is 1. The van der Waals surface area contributed by atoms with E-state index in [2.05, 4.69) is 15.9 Å². The lowest BCUT2D eigenvalue weighted by Crippen LogP contribution is -2.04. The van der Waals surface area contributed by atoms with Gasteiger partial charge in [-0.05, 0) is 52.7 Å². The molecule has 110 valence electrons. The van der Waals surface area contributed by atoms with Gasteiger partial charge in [-0.15, -0.1) is 0 Å². The molecule has 0 saturated carbocycles. The molecule has 0 unspecified atom stereocenters. The second-order valence-corrected chi connectivity index (χ2v) is 5.38. The molecule has 2 rings (SSSR count). The van der Waals surface area contributed by atoms with Crippen LogP contribution in [0.15, 0.2) is 46.9 Å². The van der Waals surface area contributed by atoms with E-state index in [1.54, 1.807) is 13.2 Å². The van der Waals surface area contributed by atoms with Crippen LogP contribution in [0.25, 0.3) is 0 Å². The SMILES string of the molecule is CCOc1cccc(C(=O)Cc2ccc(OC)c(Br)c2)c1. The molecule has 0 aliphatic carbocycles. The zero-order valence-electron chi connectivity index (χ0n) is 12.1. The first-order chi connectivity index (χ1) is 10.1. The highest BCUT2D eigenvalue weighted by atomic mass is 79.9. The van der Waals surface area contributed by atoms with E-state index in [1.165, 1.54) is 0 Å². The average molecular weight is 349 g/mol. The number of hydrogen-bond acceptors (Lipinski definition) is 3. The van der Waals surface area contributed by atoms with E-state index in [4.69, 9.17) is 9.47 Å². The zero-order chi connectivity index (χ0) is 15.2. The van der Waals surface area contributed by atoms with Gasteiger partial charge in [-0.3, -0.25) is 4.79 Å². The molecule has 3 nitrogen and oxygen atoms in total. The van der Waals surface area contributed by atoms with Crippen LogP contribution in [0.1, 0.15) is 22.8 Å². The largest absolute Gasteiger partial charge is 0.496 e. The first kappa shape index (κ1) is 15.6. The van der Waals surface area contributed by atoms with Crippen molar-refractivity contribution in [3.8, 4) is 11.5 Å². The smallest absolute Gasteiger partial charge is 0.167 e. The summed E-state index contributed by atoms with van der Waals surface area (Å²) in [5.41, 5.74) is 1.60. The third kappa shape index (κ3) is 4.08. The summed E-state index contributed by atoms with van der Waals surface area (Å²) in [6.45, 7) is 2.51. The quantitative estimate of drug-likeness (QED) is 0.730. The van der Waals surface area contributed by atoms with Crippen LogP contribution in [0.5, 0.6) is 11.5 Å². The first-order valence-electron chi connectivity index (χ1n) is 6.72. The molecule has 0 aliphatic heterocycles. The summed E-state index contributed by atoms with van der Waals surface area (Å²) < 4.78 is 11.4. The van der Waals surface area contributed by atoms with Gasteiger partial charge in [0.05, 0.1) is 18.2 Å². The number of rotatable bonds is 6. The van der Waals surface area contributed by atoms with Gasteiger partial charge >= 0.3 is 0 Å². The van der Waals surface area contributed by atoms with E-state index in [-0.39, 0.29) is 5.78 Å². The Balaban J connectivity index is 2.14. The second-order valence-electron chi connectivity index (χ2n) is 4.53. The third-order valence-electron chi connectivity index (χ3n) is 3.05. The summed E-state index contributed by atoms with van der Waals surface area (Å²) in [5.74, 6) is 1.54. The molecule has 0 bridgehead atoms. The fraction of sp³-hybridized carbons (Fsp3) is 0.235. The fourth-order valence-corrected chi connectivity index (χ4v) is 2.62. The molecule has 2 aromatic carbocycles. The number of ketones is 1. The van der Waals surface area contributed by atoms with Gasteiger partial charge in [-0.1, -0.05) is 18.2 Å². The van der Waals surface area contributed by atoms with E-state index < -0.39 is 0 Å². The van der Waals surface area contributed by atoms with Crippen LogP contribution >= 0.6 is 15.9 Å². The van der Waals surface area contributed by atoms with E-state index in [0.717, 1.165) is 21.5 Å². The van der Waals surface area contributed by atoms with E-state index >= 15 is 0 Å². The standard InChI is InChI=1S/C17H17BrO3/c1-3-21-14-6-4-5-13(11-14)16(19)10-12-7-8-17(20-2)15(18)9-12/h4-9,11H,3,10H2,1-2H3. The number of ether oxygens (including phenoxy) is 2. The highest BCUT2D eigenvalue weighted by molar-refractivity contribution is 9.10. The molecule has 0 N–H and O–H groups in total. The van der Waals surface area contributed by atoms with Crippen LogP contribution in [0.4, 0.5) is 0 Å². The van der Waals surface area contributed by atoms with Crippen molar-refractivity contribution in [3.63, 3.8) is 0 Å². The van der Waals surface area contributed by atoms with Gasteiger partial charge in [-0.25, -0.2) is 0 Å². The van der Waals surface area contributed by atoms with Gasteiger partial charge < -0.3 is 9.47 Å². The van der Waals surface area contributed by atoms with Gasteiger partial charge in [0.25, 0.3) is 0 Å². The maximum absolute atomic E-state index is 12.3. The minimum atomic E-state index is 0.0635. The highest BCUT2D eigenvalue weighted by Gasteiger charge is 2.10. The van der Waals surface area contributed by atoms with Crippen molar-refractivity contribution in [2.75, 3.05) is 13.7 Å². The van der Waals surface area contributed by atoms with Crippen LogP contribution in [-0.4, -0.2) is 19.5 Å². The van der Waals surface area contributed by atoms with Gasteiger partial charge in [0, 0.05) is 12.0 Å². The van der Waals surface area contributed by atoms with Crippen molar-refractivity contribution >= 4 is 21.7 Å². The van der Waals surface area contributed by atoms with Crippen molar-refractivity contribution in [1.29, 1.82) is 0 Å². The Morgan fingerprint density at radius 1 is 1.19 bits per heavy atom. The Morgan fingerprint density at radius 3 is 2.67 bits per heavy atom. The first-order valence-corrected chi connectivity index (χ1v) is 7.51. The minimum absolute atomic E-state index is 0.0635. The van der Waals surface area contributed by atoms with Gasteiger partial charge in [0.15, 0.2) is 5.78 Å². The van der Waals surface area contributed by atoms with Crippen molar-refractivity contribution in [2.24, 2.45) is 0 Å². The Labute approximate surface area is 133 Å². The normalized spacial score (nSPS) is 10.2. The van der Waals surface area contributed by atoms with Crippen molar-refractivity contribution in [2.45, 2.75) is 13.3 Å².